The van der Waals surface area contributed by atoms with E-state index in [9.17, 15) is 10.2 Å². The van der Waals surface area contributed by atoms with Crippen LogP contribution in [0.4, 0.5) is 0 Å². The molecular weight excluding hydrogens is 308 g/mol. The van der Waals surface area contributed by atoms with Crippen molar-refractivity contribution in [1.82, 2.24) is 0 Å². The minimum absolute atomic E-state index is 0.0743. The summed E-state index contributed by atoms with van der Waals surface area (Å²) in [6, 6.07) is 11.6. The summed E-state index contributed by atoms with van der Waals surface area (Å²) in [7, 11) is 0. The molecule has 0 amide bonds. The average molecular weight is 341 g/mol. The van der Waals surface area contributed by atoms with Gasteiger partial charge in [0.15, 0.2) is 0 Å². The molecule has 0 saturated carbocycles. The maximum absolute atomic E-state index is 10.3. The highest BCUT2D eigenvalue weighted by atomic mass is 16.3. The monoisotopic (exact) mass is 340 g/mol. The summed E-state index contributed by atoms with van der Waals surface area (Å²) < 4.78 is 0. The second-order valence-corrected chi connectivity index (χ2v) is 9.59. The minimum Gasteiger partial charge on any atom is -0.508 e. The Kier molecular flexibility index (Phi) is 4.71. The number of rotatable bonds is 2. The van der Waals surface area contributed by atoms with E-state index in [1.54, 1.807) is 12.1 Å². The van der Waals surface area contributed by atoms with Crippen molar-refractivity contribution in [2.45, 2.75) is 71.6 Å². The normalized spacial score (nSPS) is 13.1. The molecule has 2 aromatic carbocycles. The van der Waals surface area contributed by atoms with Gasteiger partial charge < -0.3 is 10.2 Å². The van der Waals surface area contributed by atoms with Crippen molar-refractivity contribution in [2.24, 2.45) is 0 Å². The summed E-state index contributed by atoms with van der Waals surface area (Å²) in [5.41, 5.74) is 4.00. The molecule has 0 bridgehead atoms. The number of hydrogen-bond donors (Lipinski definition) is 2. The van der Waals surface area contributed by atoms with E-state index >= 15 is 0 Å². The molecule has 0 spiro atoms. The Labute approximate surface area is 152 Å². The lowest BCUT2D eigenvalue weighted by Gasteiger charge is -2.34. The predicted molar refractivity (Wildman–Crippen MR) is 106 cm³/mol. The molecule has 0 saturated heterocycles. The topological polar surface area (TPSA) is 40.5 Å². The van der Waals surface area contributed by atoms with Crippen LogP contribution in [0.15, 0.2) is 36.4 Å². The van der Waals surface area contributed by atoms with Gasteiger partial charge in [-0.3, -0.25) is 0 Å². The van der Waals surface area contributed by atoms with Crippen molar-refractivity contribution in [3.05, 3.63) is 58.7 Å². The smallest absolute Gasteiger partial charge is 0.119 e. The van der Waals surface area contributed by atoms with E-state index < -0.39 is 0 Å². The minimum atomic E-state index is -0.246. The lowest BCUT2D eigenvalue weighted by atomic mass is 9.70. The van der Waals surface area contributed by atoms with Crippen LogP contribution in [0.1, 0.15) is 77.6 Å². The van der Waals surface area contributed by atoms with Crippen molar-refractivity contribution in [3.8, 4) is 11.5 Å². The van der Waals surface area contributed by atoms with Gasteiger partial charge in [0.05, 0.1) is 0 Å². The fourth-order valence-corrected chi connectivity index (χ4v) is 3.38. The van der Waals surface area contributed by atoms with Gasteiger partial charge in [-0.25, -0.2) is 0 Å². The van der Waals surface area contributed by atoms with Gasteiger partial charge >= 0.3 is 0 Å². The molecular formula is C23H32O2. The predicted octanol–water partition coefficient (Wildman–Crippen LogP) is 6.02. The second-order valence-electron chi connectivity index (χ2n) is 9.59. The first-order chi connectivity index (χ1) is 11.2. The third kappa shape index (κ3) is 3.84. The van der Waals surface area contributed by atoms with Crippen molar-refractivity contribution < 1.29 is 10.2 Å². The summed E-state index contributed by atoms with van der Waals surface area (Å²) in [5, 5.41) is 20.3. The molecule has 0 unspecified atom stereocenters. The molecule has 2 nitrogen and oxygen atoms in total. The zero-order valence-electron chi connectivity index (χ0n) is 16.9. The fourth-order valence-electron chi connectivity index (χ4n) is 3.38. The van der Waals surface area contributed by atoms with E-state index in [1.165, 1.54) is 5.56 Å². The zero-order chi connectivity index (χ0) is 19.2. The molecule has 2 rings (SSSR count). The van der Waals surface area contributed by atoms with E-state index in [1.807, 2.05) is 18.2 Å². The standard InChI is InChI=1S/C23H32O2/c1-21(2,3)18-14-16(24)10-11-17(18)23(7,8)15-9-12-20(25)19(13-15)22(4,5)6/h9-14,24-25H,1-8H3. The van der Waals surface area contributed by atoms with E-state index in [4.69, 9.17) is 0 Å². The molecule has 136 valence electrons. The van der Waals surface area contributed by atoms with Gasteiger partial charge in [0.2, 0.25) is 0 Å². The van der Waals surface area contributed by atoms with Crippen LogP contribution < -0.4 is 0 Å². The molecule has 0 heterocycles. The molecule has 2 heteroatoms. The number of benzene rings is 2. The van der Waals surface area contributed by atoms with Crippen LogP contribution >= 0.6 is 0 Å². The van der Waals surface area contributed by atoms with Crippen LogP contribution in [0.25, 0.3) is 0 Å². The number of phenols is 2. The first-order valence-electron chi connectivity index (χ1n) is 8.92. The SMILES string of the molecule is CC(C)(C)c1cc(C(C)(C)c2ccc(O)cc2C(C)(C)C)ccc1O. The Morgan fingerprint density at radius 1 is 0.600 bits per heavy atom. The molecule has 0 aromatic heterocycles. The highest BCUT2D eigenvalue weighted by Gasteiger charge is 2.31. The van der Waals surface area contributed by atoms with Gasteiger partial charge in [0.1, 0.15) is 11.5 Å². The highest BCUT2D eigenvalue weighted by molar-refractivity contribution is 5.51. The van der Waals surface area contributed by atoms with Crippen LogP contribution in [-0.2, 0) is 16.2 Å². The van der Waals surface area contributed by atoms with Crippen molar-refractivity contribution in [2.75, 3.05) is 0 Å². The lowest BCUT2D eigenvalue weighted by molar-refractivity contribution is 0.445. The van der Waals surface area contributed by atoms with Gasteiger partial charge in [-0.2, -0.15) is 0 Å². The van der Waals surface area contributed by atoms with Gasteiger partial charge in [-0.05, 0) is 51.3 Å². The first kappa shape index (κ1) is 19.4. The summed E-state index contributed by atoms with van der Waals surface area (Å²) in [5.74, 6) is 0.638. The van der Waals surface area contributed by atoms with E-state index in [0.717, 1.165) is 16.7 Å². The number of hydrogen-bond acceptors (Lipinski definition) is 2. The maximum atomic E-state index is 10.3. The van der Waals surface area contributed by atoms with E-state index in [-0.39, 0.29) is 16.2 Å². The Morgan fingerprint density at radius 2 is 1.16 bits per heavy atom. The zero-order valence-corrected chi connectivity index (χ0v) is 16.9. The molecule has 0 fully saturated rings. The molecule has 0 radical (unpaired) electrons. The number of phenolic OH excluding ortho intramolecular Hbond substituents is 2. The lowest BCUT2D eigenvalue weighted by Crippen LogP contribution is -2.26. The third-order valence-corrected chi connectivity index (χ3v) is 5.01. The molecule has 2 aromatic rings. The number of aromatic hydroxyl groups is 2. The van der Waals surface area contributed by atoms with Crippen LogP contribution in [0, 0.1) is 0 Å². The van der Waals surface area contributed by atoms with Crippen molar-refractivity contribution >= 4 is 0 Å². The van der Waals surface area contributed by atoms with Gasteiger partial charge in [0.25, 0.3) is 0 Å². The van der Waals surface area contributed by atoms with Crippen LogP contribution in [0.2, 0.25) is 0 Å². The van der Waals surface area contributed by atoms with Gasteiger partial charge in [-0.1, -0.05) is 73.6 Å². The van der Waals surface area contributed by atoms with Crippen molar-refractivity contribution in [1.29, 1.82) is 0 Å². The van der Waals surface area contributed by atoms with Crippen LogP contribution in [-0.4, -0.2) is 10.2 Å². The second kappa shape index (κ2) is 6.09. The highest BCUT2D eigenvalue weighted by Crippen LogP contribution is 2.42. The maximum Gasteiger partial charge on any atom is 0.119 e. The Morgan fingerprint density at radius 3 is 1.68 bits per heavy atom. The van der Waals surface area contributed by atoms with Crippen LogP contribution in [0.3, 0.4) is 0 Å². The molecule has 2 N–H and O–H groups in total. The molecule has 0 atom stereocenters. The Bertz CT molecular complexity index is 772. The largest absolute Gasteiger partial charge is 0.508 e. The summed E-state index contributed by atoms with van der Waals surface area (Å²) in [4.78, 5) is 0. The molecule has 25 heavy (non-hydrogen) atoms. The average Bonchev–Trinajstić information content (AvgIpc) is 2.45. The molecule has 0 aliphatic rings. The van der Waals surface area contributed by atoms with Gasteiger partial charge in [0, 0.05) is 5.41 Å². The Balaban J connectivity index is 2.69. The quantitative estimate of drug-likeness (QED) is 0.702. The van der Waals surface area contributed by atoms with Crippen molar-refractivity contribution in [3.63, 3.8) is 0 Å². The third-order valence-electron chi connectivity index (χ3n) is 5.01. The summed E-state index contributed by atoms with van der Waals surface area (Å²) in [6.45, 7) is 17.2. The van der Waals surface area contributed by atoms with Crippen LogP contribution in [0.5, 0.6) is 11.5 Å². The van der Waals surface area contributed by atoms with E-state index in [0.29, 0.717) is 11.5 Å². The first-order valence-corrected chi connectivity index (χ1v) is 8.92. The summed E-state index contributed by atoms with van der Waals surface area (Å²) in [6.07, 6.45) is 0. The Hall–Kier alpha value is -1.96. The fraction of sp³-hybridized carbons (Fsp3) is 0.478. The van der Waals surface area contributed by atoms with Gasteiger partial charge in [-0.15, -0.1) is 0 Å². The summed E-state index contributed by atoms with van der Waals surface area (Å²) >= 11 is 0. The van der Waals surface area contributed by atoms with E-state index in [2.05, 4.69) is 61.5 Å². The molecule has 0 aliphatic heterocycles. The molecule has 0 aliphatic carbocycles.